The molecule has 1 aliphatic rings. The molecule has 1 saturated heterocycles. The van der Waals surface area contributed by atoms with Gasteiger partial charge in [0.25, 0.3) is 0 Å². The van der Waals surface area contributed by atoms with Crippen molar-refractivity contribution in [2.24, 2.45) is 0 Å². The van der Waals surface area contributed by atoms with E-state index < -0.39 is 9.84 Å². The van der Waals surface area contributed by atoms with Crippen molar-refractivity contribution in [3.05, 3.63) is 35.4 Å². The first-order chi connectivity index (χ1) is 7.54. The zero-order valence-corrected chi connectivity index (χ0v) is 10.3. The van der Waals surface area contributed by atoms with Crippen LogP contribution in [0.2, 0.25) is 0 Å². The molecule has 3 nitrogen and oxygen atoms in total. The summed E-state index contributed by atoms with van der Waals surface area (Å²) in [5.74, 6) is 0.681. The molecule has 88 valence electrons. The van der Waals surface area contributed by atoms with Crippen LogP contribution in [-0.2, 0) is 15.6 Å². The summed E-state index contributed by atoms with van der Waals surface area (Å²) in [5.41, 5.74) is 2.15. The lowest BCUT2D eigenvalue weighted by Gasteiger charge is -2.10. The van der Waals surface area contributed by atoms with Crippen molar-refractivity contribution in [3.8, 4) is 0 Å². The Morgan fingerprint density at radius 1 is 1.44 bits per heavy atom. The Balaban J connectivity index is 2.19. The Morgan fingerprint density at radius 3 is 2.88 bits per heavy atom. The van der Waals surface area contributed by atoms with Crippen LogP contribution in [0.1, 0.15) is 23.5 Å². The third kappa shape index (κ3) is 3.06. The van der Waals surface area contributed by atoms with Gasteiger partial charge in [-0.1, -0.05) is 24.3 Å². The normalized spacial score (nSPS) is 21.2. The molecule has 4 heteroatoms. The van der Waals surface area contributed by atoms with E-state index in [0.29, 0.717) is 5.92 Å². The van der Waals surface area contributed by atoms with E-state index in [1.54, 1.807) is 0 Å². The quantitative estimate of drug-likeness (QED) is 0.865. The highest BCUT2D eigenvalue weighted by Crippen LogP contribution is 2.23. The molecule has 2 rings (SSSR count). The average molecular weight is 239 g/mol. The predicted octanol–water partition coefficient (Wildman–Crippen LogP) is 1.31. The van der Waals surface area contributed by atoms with Gasteiger partial charge in [0.15, 0.2) is 9.84 Å². The molecular formula is C12H17NO2S. The molecule has 1 atom stereocenters. The highest BCUT2D eigenvalue weighted by atomic mass is 32.2. The van der Waals surface area contributed by atoms with E-state index in [1.165, 1.54) is 11.8 Å². The van der Waals surface area contributed by atoms with Crippen molar-refractivity contribution >= 4 is 9.84 Å². The number of benzene rings is 1. The lowest BCUT2D eigenvalue weighted by atomic mass is 9.97. The molecule has 0 amide bonds. The average Bonchev–Trinajstić information content (AvgIpc) is 2.68. The van der Waals surface area contributed by atoms with Gasteiger partial charge in [0.05, 0.1) is 5.75 Å². The zero-order valence-electron chi connectivity index (χ0n) is 9.44. The van der Waals surface area contributed by atoms with Crippen LogP contribution < -0.4 is 5.32 Å². The lowest BCUT2D eigenvalue weighted by molar-refractivity contribution is 0.601. The van der Waals surface area contributed by atoms with Crippen molar-refractivity contribution in [3.63, 3.8) is 0 Å². The standard InChI is InChI=1S/C12H17NO2S/c1-16(14,15)9-10-3-2-4-11(7-10)12-5-6-13-8-12/h2-4,7,12-13H,5-6,8-9H2,1H3. The Labute approximate surface area is 96.8 Å². The maximum atomic E-state index is 11.2. The van der Waals surface area contributed by atoms with E-state index in [-0.39, 0.29) is 5.75 Å². The minimum atomic E-state index is -2.93. The summed E-state index contributed by atoms with van der Waals surface area (Å²) in [6, 6.07) is 7.95. The maximum Gasteiger partial charge on any atom is 0.151 e. The first-order valence-corrected chi connectivity index (χ1v) is 7.58. The fraction of sp³-hybridized carbons (Fsp3) is 0.500. The van der Waals surface area contributed by atoms with Crippen molar-refractivity contribution in [1.82, 2.24) is 5.32 Å². The molecule has 0 aliphatic carbocycles. The van der Waals surface area contributed by atoms with Gasteiger partial charge in [0.2, 0.25) is 0 Å². The van der Waals surface area contributed by atoms with Crippen LogP contribution in [0.4, 0.5) is 0 Å². The maximum absolute atomic E-state index is 11.2. The van der Waals surface area contributed by atoms with E-state index in [2.05, 4.69) is 11.4 Å². The van der Waals surface area contributed by atoms with Gasteiger partial charge in [-0.05, 0) is 30.0 Å². The summed E-state index contributed by atoms with van der Waals surface area (Å²) in [7, 11) is -2.93. The molecule has 1 unspecified atom stereocenters. The molecule has 0 bridgehead atoms. The van der Waals surface area contributed by atoms with E-state index >= 15 is 0 Å². The fourth-order valence-corrected chi connectivity index (χ4v) is 2.96. The van der Waals surface area contributed by atoms with Crippen molar-refractivity contribution in [2.45, 2.75) is 18.1 Å². The molecule has 0 saturated carbocycles. The van der Waals surface area contributed by atoms with Gasteiger partial charge in [-0.25, -0.2) is 8.42 Å². The third-order valence-corrected chi connectivity index (χ3v) is 3.77. The summed E-state index contributed by atoms with van der Waals surface area (Å²) in [5, 5.41) is 3.32. The first-order valence-electron chi connectivity index (χ1n) is 5.52. The summed E-state index contributed by atoms with van der Waals surface area (Å²) in [6.07, 6.45) is 2.42. The highest BCUT2D eigenvalue weighted by Gasteiger charge is 2.16. The van der Waals surface area contributed by atoms with E-state index in [4.69, 9.17) is 0 Å². The van der Waals surface area contributed by atoms with Crippen LogP contribution >= 0.6 is 0 Å². The molecule has 0 aromatic heterocycles. The van der Waals surface area contributed by atoms with Crippen LogP contribution in [0, 0.1) is 0 Å². The minimum Gasteiger partial charge on any atom is -0.316 e. The summed E-state index contributed by atoms with van der Waals surface area (Å²) in [4.78, 5) is 0. The van der Waals surface area contributed by atoms with Gasteiger partial charge in [0, 0.05) is 12.8 Å². The number of hydrogen-bond acceptors (Lipinski definition) is 3. The molecule has 1 heterocycles. The van der Waals surface area contributed by atoms with Gasteiger partial charge in [-0.2, -0.15) is 0 Å². The highest BCUT2D eigenvalue weighted by molar-refractivity contribution is 7.89. The van der Waals surface area contributed by atoms with Crippen LogP contribution in [0.25, 0.3) is 0 Å². The first kappa shape index (κ1) is 11.6. The molecule has 1 aliphatic heterocycles. The molecule has 1 aromatic rings. The smallest absolute Gasteiger partial charge is 0.151 e. The van der Waals surface area contributed by atoms with Crippen LogP contribution in [0.3, 0.4) is 0 Å². The summed E-state index contributed by atoms with van der Waals surface area (Å²) >= 11 is 0. The summed E-state index contributed by atoms with van der Waals surface area (Å²) in [6.45, 7) is 2.06. The molecule has 16 heavy (non-hydrogen) atoms. The Bertz CT molecular complexity index is 462. The second kappa shape index (κ2) is 4.55. The molecule has 1 fully saturated rings. The monoisotopic (exact) mass is 239 g/mol. The van der Waals surface area contributed by atoms with Crippen LogP contribution in [0.15, 0.2) is 24.3 Å². The molecule has 1 N–H and O–H groups in total. The second-order valence-electron chi connectivity index (χ2n) is 4.50. The number of nitrogens with one attached hydrogen (secondary N) is 1. The van der Waals surface area contributed by atoms with E-state index in [1.807, 2.05) is 18.2 Å². The number of hydrogen-bond donors (Lipinski definition) is 1. The number of sulfone groups is 1. The Hall–Kier alpha value is -0.870. The predicted molar refractivity (Wildman–Crippen MR) is 65.2 cm³/mol. The summed E-state index contributed by atoms with van der Waals surface area (Å²) < 4.78 is 22.4. The van der Waals surface area contributed by atoms with Gasteiger partial charge >= 0.3 is 0 Å². The third-order valence-electron chi connectivity index (χ3n) is 2.91. The van der Waals surface area contributed by atoms with E-state index in [0.717, 1.165) is 25.1 Å². The van der Waals surface area contributed by atoms with E-state index in [9.17, 15) is 8.42 Å². The lowest BCUT2D eigenvalue weighted by Crippen LogP contribution is -2.08. The zero-order chi connectivity index (χ0) is 11.6. The van der Waals surface area contributed by atoms with Crippen molar-refractivity contribution < 1.29 is 8.42 Å². The molecule has 0 radical (unpaired) electrons. The Morgan fingerprint density at radius 2 is 2.25 bits per heavy atom. The van der Waals surface area contributed by atoms with Crippen molar-refractivity contribution in [2.75, 3.05) is 19.3 Å². The molecular weight excluding hydrogens is 222 g/mol. The van der Waals surface area contributed by atoms with Crippen LogP contribution in [0.5, 0.6) is 0 Å². The molecule has 0 spiro atoms. The second-order valence-corrected chi connectivity index (χ2v) is 6.65. The SMILES string of the molecule is CS(=O)(=O)Cc1cccc(C2CCNC2)c1. The van der Waals surface area contributed by atoms with Gasteiger partial charge < -0.3 is 5.32 Å². The molecule has 1 aromatic carbocycles. The van der Waals surface area contributed by atoms with Gasteiger partial charge in [0.1, 0.15) is 0 Å². The Kier molecular flexibility index (Phi) is 3.30. The van der Waals surface area contributed by atoms with Gasteiger partial charge in [-0.3, -0.25) is 0 Å². The largest absolute Gasteiger partial charge is 0.316 e. The number of rotatable bonds is 3. The fourth-order valence-electron chi connectivity index (χ4n) is 2.18. The topological polar surface area (TPSA) is 46.2 Å². The van der Waals surface area contributed by atoms with Crippen LogP contribution in [-0.4, -0.2) is 27.8 Å². The van der Waals surface area contributed by atoms with Crippen molar-refractivity contribution in [1.29, 1.82) is 0 Å². The minimum absolute atomic E-state index is 0.140. The van der Waals surface area contributed by atoms with Gasteiger partial charge in [-0.15, -0.1) is 0 Å².